The molecule has 0 amide bonds. The number of hydrogen-bond donors (Lipinski definition) is 0. The topological polar surface area (TPSA) is 26.3 Å². The van der Waals surface area contributed by atoms with Gasteiger partial charge in [-0.15, -0.1) is 0 Å². The highest BCUT2D eigenvalue weighted by atomic mass is 19.1. The number of benzene rings is 1. The zero-order valence-corrected chi connectivity index (χ0v) is 7.70. The first-order valence-electron chi connectivity index (χ1n) is 4.64. The number of cyclic esters (lactones) is 1. The summed E-state index contributed by atoms with van der Waals surface area (Å²) < 4.78 is 17.7. The number of ether oxygens (including phenoxy) is 1. The summed E-state index contributed by atoms with van der Waals surface area (Å²) in [6.45, 7) is 0.468. The summed E-state index contributed by atoms with van der Waals surface area (Å²) in [7, 11) is 0. The predicted octanol–water partition coefficient (Wildman–Crippen LogP) is 1.93. The van der Waals surface area contributed by atoms with Crippen LogP contribution in [0.5, 0.6) is 0 Å². The highest BCUT2D eigenvalue weighted by Crippen LogP contribution is 2.19. The molecule has 3 heteroatoms. The van der Waals surface area contributed by atoms with Gasteiger partial charge < -0.3 is 4.74 Å². The minimum Gasteiger partial charge on any atom is -0.465 e. The Morgan fingerprint density at radius 3 is 3.00 bits per heavy atom. The Balaban J connectivity index is 2.00. The zero-order chi connectivity index (χ0) is 9.97. The second-order valence-corrected chi connectivity index (χ2v) is 3.59. The van der Waals surface area contributed by atoms with Crippen molar-refractivity contribution >= 4 is 5.97 Å². The van der Waals surface area contributed by atoms with Gasteiger partial charge in [-0.05, 0) is 24.1 Å². The number of carbonyl (C=O) groups excluding carboxylic acids is 1. The van der Waals surface area contributed by atoms with E-state index in [0.717, 1.165) is 5.56 Å². The van der Waals surface area contributed by atoms with Crippen molar-refractivity contribution in [3.05, 3.63) is 35.6 Å². The number of esters is 1. The SMILES string of the molecule is O=C1CC(Cc2cccc(F)c2)CO1. The maximum atomic E-state index is 12.8. The number of carbonyl (C=O) groups is 1. The minimum absolute atomic E-state index is 0.147. The van der Waals surface area contributed by atoms with Crippen LogP contribution in [0.2, 0.25) is 0 Å². The van der Waals surface area contributed by atoms with Crippen molar-refractivity contribution < 1.29 is 13.9 Å². The fraction of sp³-hybridized carbons (Fsp3) is 0.364. The monoisotopic (exact) mass is 194 g/mol. The molecule has 1 fully saturated rings. The molecule has 1 aliphatic rings. The van der Waals surface area contributed by atoms with Crippen LogP contribution in [0.3, 0.4) is 0 Å². The van der Waals surface area contributed by atoms with Gasteiger partial charge in [0.25, 0.3) is 0 Å². The second kappa shape index (κ2) is 3.78. The highest BCUT2D eigenvalue weighted by Gasteiger charge is 2.23. The van der Waals surface area contributed by atoms with Gasteiger partial charge >= 0.3 is 5.97 Å². The standard InChI is InChI=1S/C11H11FO2/c12-10-3-1-2-8(5-10)4-9-6-11(13)14-7-9/h1-3,5,9H,4,6-7H2. The third kappa shape index (κ3) is 2.10. The molecule has 0 saturated carbocycles. The lowest BCUT2D eigenvalue weighted by Crippen LogP contribution is -2.03. The summed E-state index contributed by atoms with van der Waals surface area (Å²) in [6, 6.07) is 6.47. The normalized spacial score (nSPS) is 20.9. The molecular weight excluding hydrogens is 183 g/mol. The molecule has 1 unspecified atom stereocenters. The van der Waals surface area contributed by atoms with Gasteiger partial charge in [0.1, 0.15) is 5.82 Å². The molecule has 1 saturated heterocycles. The van der Waals surface area contributed by atoms with Crippen molar-refractivity contribution in [2.75, 3.05) is 6.61 Å². The van der Waals surface area contributed by atoms with Gasteiger partial charge in [-0.25, -0.2) is 4.39 Å². The average molecular weight is 194 g/mol. The number of hydrogen-bond acceptors (Lipinski definition) is 2. The fourth-order valence-electron chi connectivity index (χ4n) is 1.69. The molecule has 1 atom stereocenters. The van der Waals surface area contributed by atoms with Crippen LogP contribution in [-0.2, 0) is 16.0 Å². The van der Waals surface area contributed by atoms with E-state index in [9.17, 15) is 9.18 Å². The average Bonchev–Trinajstić information content (AvgIpc) is 2.51. The Bertz CT molecular complexity index is 349. The molecule has 74 valence electrons. The van der Waals surface area contributed by atoms with E-state index in [-0.39, 0.29) is 17.7 Å². The molecule has 14 heavy (non-hydrogen) atoms. The van der Waals surface area contributed by atoms with Crippen LogP contribution in [-0.4, -0.2) is 12.6 Å². The lowest BCUT2D eigenvalue weighted by molar-refractivity contribution is -0.137. The van der Waals surface area contributed by atoms with Crippen LogP contribution in [0.1, 0.15) is 12.0 Å². The van der Waals surface area contributed by atoms with Gasteiger partial charge in [0.05, 0.1) is 13.0 Å². The molecule has 1 heterocycles. The van der Waals surface area contributed by atoms with Crippen LogP contribution in [0.15, 0.2) is 24.3 Å². The Morgan fingerprint density at radius 2 is 2.36 bits per heavy atom. The third-order valence-corrected chi connectivity index (χ3v) is 2.35. The van der Waals surface area contributed by atoms with Crippen molar-refractivity contribution in [1.82, 2.24) is 0 Å². The smallest absolute Gasteiger partial charge is 0.306 e. The van der Waals surface area contributed by atoms with Crippen molar-refractivity contribution in [3.8, 4) is 0 Å². The van der Waals surface area contributed by atoms with Crippen LogP contribution < -0.4 is 0 Å². The number of rotatable bonds is 2. The minimum atomic E-state index is -0.229. The molecule has 0 bridgehead atoms. The maximum Gasteiger partial charge on any atom is 0.306 e. The van der Waals surface area contributed by atoms with E-state index >= 15 is 0 Å². The summed E-state index contributed by atoms with van der Waals surface area (Å²) in [6.07, 6.45) is 1.17. The highest BCUT2D eigenvalue weighted by molar-refractivity contribution is 5.71. The first kappa shape index (κ1) is 9.19. The van der Waals surface area contributed by atoms with Gasteiger partial charge in [-0.2, -0.15) is 0 Å². The van der Waals surface area contributed by atoms with Crippen LogP contribution >= 0.6 is 0 Å². The van der Waals surface area contributed by atoms with Crippen LogP contribution in [0, 0.1) is 11.7 Å². The Kier molecular flexibility index (Phi) is 2.48. The van der Waals surface area contributed by atoms with E-state index in [2.05, 4.69) is 0 Å². The van der Waals surface area contributed by atoms with E-state index < -0.39 is 0 Å². The summed E-state index contributed by atoms with van der Waals surface area (Å²) >= 11 is 0. The summed E-state index contributed by atoms with van der Waals surface area (Å²) in [4.78, 5) is 10.8. The maximum absolute atomic E-state index is 12.8. The first-order chi connectivity index (χ1) is 6.74. The van der Waals surface area contributed by atoms with E-state index in [1.165, 1.54) is 12.1 Å². The zero-order valence-electron chi connectivity index (χ0n) is 7.70. The van der Waals surface area contributed by atoms with E-state index in [1.54, 1.807) is 6.07 Å². The van der Waals surface area contributed by atoms with Crippen LogP contribution in [0.4, 0.5) is 4.39 Å². The molecule has 0 aromatic heterocycles. The van der Waals surface area contributed by atoms with Crippen molar-refractivity contribution in [2.45, 2.75) is 12.8 Å². The van der Waals surface area contributed by atoms with E-state index in [0.29, 0.717) is 19.4 Å². The van der Waals surface area contributed by atoms with E-state index in [4.69, 9.17) is 4.74 Å². The van der Waals surface area contributed by atoms with Gasteiger partial charge in [0.2, 0.25) is 0 Å². The molecule has 1 aliphatic heterocycles. The van der Waals surface area contributed by atoms with Crippen molar-refractivity contribution in [1.29, 1.82) is 0 Å². The molecule has 1 aromatic rings. The van der Waals surface area contributed by atoms with Gasteiger partial charge in [0, 0.05) is 5.92 Å². The van der Waals surface area contributed by atoms with Crippen molar-refractivity contribution in [3.63, 3.8) is 0 Å². The molecule has 0 aliphatic carbocycles. The van der Waals surface area contributed by atoms with Gasteiger partial charge in [-0.3, -0.25) is 4.79 Å². The predicted molar refractivity (Wildman–Crippen MR) is 49.2 cm³/mol. The van der Waals surface area contributed by atoms with E-state index in [1.807, 2.05) is 6.07 Å². The first-order valence-corrected chi connectivity index (χ1v) is 4.64. The van der Waals surface area contributed by atoms with Crippen molar-refractivity contribution in [2.24, 2.45) is 5.92 Å². The molecule has 2 nitrogen and oxygen atoms in total. The third-order valence-electron chi connectivity index (χ3n) is 2.35. The van der Waals surface area contributed by atoms with Crippen LogP contribution in [0.25, 0.3) is 0 Å². The summed E-state index contributed by atoms with van der Waals surface area (Å²) in [5, 5.41) is 0. The summed E-state index contributed by atoms with van der Waals surface area (Å²) in [5.74, 6) is -0.163. The second-order valence-electron chi connectivity index (χ2n) is 3.59. The van der Waals surface area contributed by atoms with Gasteiger partial charge in [0.15, 0.2) is 0 Å². The van der Waals surface area contributed by atoms with Gasteiger partial charge in [-0.1, -0.05) is 12.1 Å². The fourth-order valence-corrected chi connectivity index (χ4v) is 1.69. The Hall–Kier alpha value is -1.38. The molecule has 0 spiro atoms. The largest absolute Gasteiger partial charge is 0.465 e. The Morgan fingerprint density at radius 1 is 1.50 bits per heavy atom. The molecule has 0 N–H and O–H groups in total. The molecule has 2 rings (SSSR count). The molecular formula is C11H11FO2. The molecule has 1 aromatic carbocycles. The number of halogens is 1. The Labute approximate surface area is 81.7 Å². The summed E-state index contributed by atoms with van der Waals surface area (Å²) in [5.41, 5.74) is 0.924. The quantitative estimate of drug-likeness (QED) is 0.672. The molecule has 0 radical (unpaired) electrons. The lowest BCUT2D eigenvalue weighted by atomic mass is 9.99. The lowest BCUT2D eigenvalue weighted by Gasteiger charge is -2.05.